The van der Waals surface area contributed by atoms with Crippen LogP contribution in [0.15, 0.2) is 0 Å². The Hall–Kier alpha value is -0.0500. The molecule has 0 aromatic heterocycles. The zero-order chi connectivity index (χ0) is 9.68. The molecular formula is C10H18BrNO. The maximum atomic E-state index is 11.5. The predicted octanol–water partition coefficient (Wildman–Crippen LogP) is 2.42. The summed E-state index contributed by atoms with van der Waals surface area (Å²) in [6.07, 6.45) is 4.18. The Labute approximate surface area is 88.8 Å². The molecule has 0 aromatic carbocycles. The molecule has 0 bridgehead atoms. The number of rotatable bonds is 4. The molecule has 0 aliphatic carbocycles. The monoisotopic (exact) mass is 247 g/mol. The number of alkyl halides is 1. The van der Waals surface area contributed by atoms with E-state index in [0.29, 0.717) is 11.8 Å². The number of halogens is 1. The summed E-state index contributed by atoms with van der Waals surface area (Å²) in [6.45, 7) is 4.10. The van der Waals surface area contributed by atoms with E-state index in [-0.39, 0.29) is 0 Å². The lowest BCUT2D eigenvalue weighted by molar-refractivity contribution is -0.133. The average molecular weight is 248 g/mol. The first-order valence-electron chi connectivity index (χ1n) is 5.11. The number of likely N-dealkylation sites (tertiary alicyclic amines) is 1. The van der Waals surface area contributed by atoms with Crippen LogP contribution in [-0.2, 0) is 4.79 Å². The van der Waals surface area contributed by atoms with Crippen LogP contribution in [0.3, 0.4) is 0 Å². The molecule has 76 valence electrons. The lowest BCUT2D eigenvalue weighted by Crippen LogP contribution is -2.39. The van der Waals surface area contributed by atoms with Crippen LogP contribution in [0.4, 0.5) is 0 Å². The lowest BCUT2D eigenvalue weighted by Gasteiger charge is -2.29. The number of nitrogens with zero attached hydrogens (tertiary/aromatic N) is 1. The highest BCUT2D eigenvalue weighted by Gasteiger charge is 2.20. The number of carbonyl (C=O) groups excluding carboxylic acids is 1. The van der Waals surface area contributed by atoms with Gasteiger partial charge in [-0.05, 0) is 18.8 Å². The largest absolute Gasteiger partial charge is 0.342 e. The summed E-state index contributed by atoms with van der Waals surface area (Å²) in [5.74, 6) is 0.979. The van der Waals surface area contributed by atoms with Gasteiger partial charge in [0.2, 0.25) is 5.91 Å². The Balaban J connectivity index is 2.36. The summed E-state index contributed by atoms with van der Waals surface area (Å²) < 4.78 is 0. The average Bonchev–Trinajstić information content (AvgIpc) is 2.17. The fourth-order valence-electron chi connectivity index (χ4n) is 1.65. The van der Waals surface area contributed by atoms with Gasteiger partial charge in [0, 0.05) is 24.8 Å². The molecule has 1 unspecified atom stereocenters. The zero-order valence-corrected chi connectivity index (χ0v) is 9.85. The third kappa shape index (κ3) is 3.29. The van der Waals surface area contributed by atoms with Crippen molar-refractivity contribution < 1.29 is 4.79 Å². The van der Waals surface area contributed by atoms with Gasteiger partial charge in [0.05, 0.1) is 0 Å². The Morgan fingerprint density at radius 1 is 1.54 bits per heavy atom. The number of carbonyl (C=O) groups is 1. The maximum absolute atomic E-state index is 11.5. The second kappa shape index (κ2) is 5.63. The molecule has 2 nitrogen and oxygen atoms in total. The first-order valence-corrected chi connectivity index (χ1v) is 6.23. The first-order chi connectivity index (χ1) is 6.27. The third-order valence-electron chi connectivity index (χ3n) is 2.70. The van der Waals surface area contributed by atoms with Crippen LogP contribution >= 0.6 is 15.9 Å². The van der Waals surface area contributed by atoms with Gasteiger partial charge in [0.15, 0.2) is 0 Å². The summed E-state index contributed by atoms with van der Waals surface area (Å²) >= 11 is 3.48. The quantitative estimate of drug-likeness (QED) is 0.699. The van der Waals surface area contributed by atoms with Gasteiger partial charge in [-0.3, -0.25) is 4.79 Å². The first kappa shape index (κ1) is 11.0. The molecule has 0 saturated carbocycles. The second-order valence-corrected chi connectivity index (χ2v) is 4.37. The minimum atomic E-state index is 0.352. The Morgan fingerprint density at radius 3 is 2.85 bits per heavy atom. The number of amides is 1. The van der Waals surface area contributed by atoms with E-state index in [0.717, 1.165) is 37.7 Å². The molecule has 0 aromatic rings. The molecule has 0 spiro atoms. The Bertz CT molecular complexity index is 168. The molecule has 0 radical (unpaired) electrons. The molecule has 13 heavy (non-hydrogen) atoms. The van der Waals surface area contributed by atoms with Crippen molar-refractivity contribution in [3.05, 3.63) is 0 Å². The van der Waals surface area contributed by atoms with Crippen molar-refractivity contribution in [2.45, 2.75) is 32.6 Å². The molecule has 1 aliphatic rings. The smallest absolute Gasteiger partial charge is 0.222 e. The van der Waals surface area contributed by atoms with E-state index in [1.807, 2.05) is 4.90 Å². The van der Waals surface area contributed by atoms with E-state index in [1.165, 1.54) is 6.42 Å². The van der Waals surface area contributed by atoms with Gasteiger partial charge in [0.25, 0.3) is 0 Å². The highest BCUT2D eigenvalue weighted by Crippen LogP contribution is 2.15. The standard InChI is InChI=1S/C10H18BrNO/c1-2-9(7-11)8-12-6-4-3-5-10(12)13/h9H,2-8H2,1H3. The van der Waals surface area contributed by atoms with E-state index in [2.05, 4.69) is 22.9 Å². The van der Waals surface area contributed by atoms with Crippen molar-refractivity contribution in [3.63, 3.8) is 0 Å². The molecular weight excluding hydrogens is 230 g/mol. The van der Waals surface area contributed by atoms with Crippen LogP contribution in [0.25, 0.3) is 0 Å². The fourth-order valence-corrected chi connectivity index (χ4v) is 2.32. The zero-order valence-electron chi connectivity index (χ0n) is 8.26. The summed E-state index contributed by atoms with van der Waals surface area (Å²) in [7, 11) is 0. The third-order valence-corrected chi connectivity index (χ3v) is 3.61. The molecule has 3 heteroatoms. The van der Waals surface area contributed by atoms with Crippen molar-refractivity contribution in [1.29, 1.82) is 0 Å². The van der Waals surface area contributed by atoms with Gasteiger partial charge in [-0.25, -0.2) is 0 Å². The second-order valence-electron chi connectivity index (χ2n) is 3.73. The Morgan fingerprint density at radius 2 is 2.31 bits per heavy atom. The van der Waals surface area contributed by atoms with Gasteiger partial charge < -0.3 is 4.90 Å². The van der Waals surface area contributed by atoms with E-state index in [4.69, 9.17) is 0 Å². The molecule has 0 N–H and O–H groups in total. The van der Waals surface area contributed by atoms with Gasteiger partial charge in [-0.1, -0.05) is 29.3 Å². The Kier molecular flexibility index (Phi) is 4.78. The summed E-state index contributed by atoms with van der Waals surface area (Å²) in [5.41, 5.74) is 0. The van der Waals surface area contributed by atoms with E-state index in [1.54, 1.807) is 0 Å². The normalized spacial score (nSPS) is 20.5. The van der Waals surface area contributed by atoms with Gasteiger partial charge >= 0.3 is 0 Å². The van der Waals surface area contributed by atoms with Crippen molar-refractivity contribution >= 4 is 21.8 Å². The van der Waals surface area contributed by atoms with Crippen molar-refractivity contribution in [2.75, 3.05) is 18.4 Å². The molecule has 1 amide bonds. The van der Waals surface area contributed by atoms with Crippen molar-refractivity contribution in [2.24, 2.45) is 5.92 Å². The number of piperidine rings is 1. The highest BCUT2D eigenvalue weighted by molar-refractivity contribution is 9.09. The topological polar surface area (TPSA) is 20.3 Å². The van der Waals surface area contributed by atoms with Gasteiger partial charge in [-0.2, -0.15) is 0 Å². The van der Waals surface area contributed by atoms with E-state index >= 15 is 0 Å². The maximum Gasteiger partial charge on any atom is 0.222 e. The van der Waals surface area contributed by atoms with E-state index < -0.39 is 0 Å². The molecule has 1 aliphatic heterocycles. The lowest BCUT2D eigenvalue weighted by atomic mass is 10.1. The van der Waals surface area contributed by atoms with Gasteiger partial charge in [0.1, 0.15) is 0 Å². The molecule has 1 heterocycles. The van der Waals surface area contributed by atoms with Crippen LogP contribution < -0.4 is 0 Å². The minimum absolute atomic E-state index is 0.352. The molecule has 1 saturated heterocycles. The van der Waals surface area contributed by atoms with E-state index in [9.17, 15) is 4.79 Å². The predicted molar refractivity (Wildman–Crippen MR) is 58.0 cm³/mol. The number of hydrogen-bond donors (Lipinski definition) is 0. The van der Waals surface area contributed by atoms with Crippen LogP contribution in [0, 0.1) is 5.92 Å². The van der Waals surface area contributed by atoms with Crippen LogP contribution in [0.2, 0.25) is 0 Å². The van der Waals surface area contributed by atoms with Crippen molar-refractivity contribution in [3.8, 4) is 0 Å². The fraction of sp³-hybridized carbons (Fsp3) is 0.900. The van der Waals surface area contributed by atoms with Crippen LogP contribution in [0.1, 0.15) is 32.6 Å². The molecule has 1 atom stereocenters. The molecule has 1 fully saturated rings. The molecule has 1 rings (SSSR count). The van der Waals surface area contributed by atoms with Crippen LogP contribution in [0.5, 0.6) is 0 Å². The highest BCUT2D eigenvalue weighted by atomic mass is 79.9. The number of hydrogen-bond acceptors (Lipinski definition) is 1. The summed E-state index contributed by atoms with van der Waals surface area (Å²) in [5, 5.41) is 1.01. The van der Waals surface area contributed by atoms with Gasteiger partial charge in [-0.15, -0.1) is 0 Å². The SMILES string of the molecule is CCC(CBr)CN1CCCCC1=O. The summed E-state index contributed by atoms with van der Waals surface area (Å²) in [4.78, 5) is 13.5. The minimum Gasteiger partial charge on any atom is -0.342 e. The van der Waals surface area contributed by atoms with Crippen molar-refractivity contribution in [1.82, 2.24) is 4.90 Å². The summed E-state index contributed by atoms with van der Waals surface area (Å²) in [6, 6.07) is 0. The van der Waals surface area contributed by atoms with Crippen LogP contribution in [-0.4, -0.2) is 29.2 Å².